The predicted octanol–water partition coefficient (Wildman–Crippen LogP) is 2.14. The van der Waals surface area contributed by atoms with Gasteiger partial charge in [0.05, 0.1) is 13.0 Å². The smallest absolute Gasteiger partial charge is 0.311 e. The molecule has 0 unspecified atom stereocenters. The lowest BCUT2D eigenvalue weighted by Gasteiger charge is -2.40. The van der Waals surface area contributed by atoms with Gasteiger partial charge in [-0.05, 0) is 26.3 Å². The Morgan fingerprint density at radius 1 is 1.19 bits per heavy atom. The molecule has 112 valence electrons. The standard InChI is InChI=1S/C17H21NO3/c1-18-12-8-9-14(18)15(17(20)21-2)13(10-12)16(19)11-6-4-3-5-7-11/h3-7,12-15H,8-10H2,1-2H3/t12-,13+,14+,15+/m0/s1. The molecule has 4 nitrogen and oxygen atoms in total. The van der Waals surface area contributed by atoms with Gasteiger partial charge in [0, 0.05) is 23.6 Å². The van der Waals surface area contributed by atoms with E-state index in [-0.39, 0.29) is 29.6 Å². The Morgan fingerprint density at radius 2 is 1.90 bits per heavy atom. The topological polar surface area (TPSA) is 46.6 Å². The Bertz CT molecular complexity index is 542. The van der Waals surface area contributed by atoms with E-state index in [1.807, 2.05) is 30.3 Å². The van der Waals surface area contributed by atoms with Crippen molar-refractivity contribution in [2.75, 3.05) is 14.2 Å². The zero-order valence-electron chi connectivity index (χ0n) is 12.5. The highest BCUT2D eigenvalue weighted by Crippen LogP contribution is 2.43. The molecule has 0 aliphatic carbocycles. The van der Waals surface area contributed by atoms with E-state index in [1.165, 1.54) is 7.11 Å². The molecule has 2 aliphatic rings. The molecule has 0 saturated carbocycles. The van der Waals surface area contributed by atoms with Gasteiger partial charge in [0.25, 0.3) is 0 Å². The molecule has 0 amide bonds. The molecule has 2 heterocycles. The quantitative estimate of drug-likeness (QED) is 0.631. The van der Waals surface area contributed by atoms with Gasteiger partial charge >= 0.3 is 5.97 Å². The minimum absolute atomic E-state index is 0.0796. The van der Waals surface area contributed by atoms with E-state index in [1.54, 1.807) is 0 Å². The van der Waals surface area contributed by atoms with Gasteiger partial charge in [-0.15, -0.1) is 0 Å². The molecule has 3 rings (SSSR count). The molecule has 4 atom stereocenters. The van der Waals surface area contributed by atoms with Gasteiger partial charge in [0.15, 0.2) is 5.78 Å². The highest BCUT2D eigenvalue weighted by atomic mass is 16.5. The monoisotopic (exact) mass is 287 g/mol. The maximum Gasteiger partial charge on any atom is 0.311 e. The van der Waals surface area contributed by atoms with Crippen molar-refractivity contribution in [2.45, 2.75) is 31.3 Å². The molecule has 0 N–H and O–H groups in total. The zero-order valence-corrected chi connectivity index (χ0v) is 12.5. The fourth-order valence-corrected chi connectivity index (χ4v) is 4.01. The van der Waals surface area contributed by atoms with Crippen molar-refractivity contribution >= 4 is 11.8 Å². The molecule has 0 spiro atoms. The summed E-state index contributed by atoms with van der Waals surface area (Å²) in [4.78, 5) is 27.3. The fraction of sp³-hybridized carbons (Fsp3) is 0.529. The third-order valence-corrected chi connectivity index (χ3v) is 5.14. The van der Waals surface area contributed by atoms with Crippen LogP contribution in [0.15, 0.2) is 30.3 Å². The van der Waals surface area contributed by atoms with Crippen molar-refractivity contribution in [2.24, 2.45) is 11.8 Å². The molecule has 2 bridgehead atoms. The van der Waals surface area contributed by atoms with E-state index in [0.717, 1.165) is 19.3 Å². The summed E-state index contributed by atoms with van der Waals surface area (Å²) in [6, 6.07) is 9.83. The van der Waals surface area contributed by atoms with E-state index in [0.29, 0.717) is 11.6 Å². The number of hydrogen-bond donors (Lipinski definition) is 0. The second-order valence-corrected chi connectivity index (χ2v) is 6.09. The summed E-state index contributed by atoms with van der Waals surface area (Å²) in [6.45, 7) is 0. The van der Waals surface area contributed by atoms with Gasteiger partial charge in [-0.3, -0.25) is 14.5 Å². The van der Waals surface area contributed by atoms with Crippen molar-refractivity contribution in [1.29, 1.82) is 0 Å². The van der Waals surface area contributed by atoms with Crippen LogP contribution in [0.5, 0.6) is 0 Å². The van der Waals surface area contributed by atoms with Crippen LogP contribution in [0.4, 0.5) is 0 Å². The number of methoxy groups -OCH3 is 1. The molecule has 2 fully saturated rings. The van der Waals surface area contributed by atoms with Crippen molar-refractivity contribution < 1.29 is 14.3 Å². The molecule has 2 aliphatic heterocycles. The number of hydrogen-bond acceptors (Lipinski definition) is 4. The van der Waals surface area contributed by atoms with Crippen LogP contribution in [0.2, 0.25) is 0 Å². The van der Waals surface area contributed by atoms with Gasteiger partial charge in [-0.1, -0.05) is 30.3 Å². The second-order valence-electron chi connectivity index (χ2n) is 6.09. The van der Waals surface area contributed by atoms with Crippen LogP contribution < -0.4 is 0 Å². The Labute approximate surface area is 125 Å². The van der Waals surface area contributed by atoms with Crippen LogP contribution in [0.3, 0.4) is 0 Å². The van der Waals surface area contributed by atoms with E-state index in [2.05, 4.69) is 11.9 Å². The number of fused-ring (bicyclic) bond motifs is 2. The second kappa shape index (κ2) is 5.60. The third kappa shape index (κ3) is 2.38. The molecule has 1 aromatic carbocycles. The Hall–Kier alpha value is -1.68. The first-order valence-electron chi connectivity index (χ1n) is 7.52. The van der Waals surface area contributed by atoms with Crippen LogP contribution in [0, 0.1) is 11.8 Å². The summed E-state index contributed by atoms with van der Waals surface area (Å²) in [5.41, 5.74) is 0.695. The van der Waals surface area contributed by atoms with E-state index < -0.39 is 0 Å². The van der Waals surface area contributed by atoms with Crippen LogP contribution in [-0.2, 0) is 9.53 Å². The summed E-state index contributed by atoms with van der Waals surface area (Å²) < 4.78 is 4.99. The lowest BCUT2D eigenvalue weighted by molar-refractivity contribution is -0.151. The molecule has 4 heteroatoms. The number of benzene rings is 1. The van der Waals surface area contributed by atoms with Gasteiger partial charge in [-0.25, -0.2) is 0 Å². The molecular formula is C17H21NO3. The first kappa shape index (κ1) is 14.3. The van der Waals surface area contributed by atoms with Crippen LogP contribution >= 0.6 is 0 Å². The highest BCUT2D eigenvalue weighted by Gasteiger charge is 2.51. The number of Topliss-reactive ketones (excluding diaryl/α,β-unsaturated/α-hetero) is 1. The Balaban J connectivity index is 1.92. The summed E-state index contributed by atoms with van der Waals surface area (Å²) >= 11 is 0. The Kier molecular flexibility index (Phi) is 3.81. The summed E-state index contributed by atoms with van der Waals surface area (Å²) in [7, 11) is 3.47. The maximum absolute atomic E-state index is 12.8. The van der Waals surface area contributed by atoms with Gasteiger partial charge in [0.2, 0.25) is 0 Å². The average molecular weight is 287 g/mol. The minimum atomic E-state index is -0.341. The van der Waals surface area contributed by atoms with Crippen molar-refractivity contribution in [3.05, 3.63) is 35.9 Å². The van der Waals surface area contributed by atoms with Crippen LogP contribution in [0.25, 0.3) is 0 Å². The Morgan fingerprint density at radius 3 is 2.57 bits per heavy atom. The number of carbonyl (C=O) groups is 2. The van der Waals surface area contributed by atoms with Crippen molar-refractivity contribution in [3.63, 3.8) is 0 Å². The number of piperidine rings is 1. The molecule has 2 saturated heterocycles. The minimum Gasteiger partial charge on any atom is -0.469 e. The first-order valence-corrected chi connectivity index (χ1v) is 7.52. The zero-order chi connectivity index (χ0) is 15.0. The van der Waals surface area contributed by atoms with Crippen LogP contribution in [-0.4, -0.2) is 42.9 Å². The third-order valence-electron chi connectivity index (χ3n) is 5.14. The number of rotatable bonds is 3. The van der Waals surface area contributed by atoms with Gasteiger partial charge < -0.3 is 4.74 Å². The largest absolute Gasteiger partial charge is 0.469 e. The van der Waals surface area contributed by atoms with E-state index in [9.17, 15) is 9.59 Å². The lowest BCUT2D eigenvalue weighted by Crippen LogP contribution is -2.52. The number of nitrogens with zero attached hydrogens (tertiary/aromatic N) is 1. The summed E-state index contributed by atoms with van der Waals surface area (Å²) in [5, 5.41) is 0. The van der Waals surface area contributed by atoms with Crippen molar-refractivity contribution in [1.82, 2.24) is 4.90 Å². The molecular weight excluding hydrogens is 266 g/mol. The SMILES string of the molecule is COC(=O)[C@H]1[C@H]2CC[C@@H](C[C@H]1C(=O)c1ccccc1)N2C. The summed E-state index contributed by atoms with van der Waals surface area (Å²) in [6.07, 6.45) is 2.78. The number of ether oxygens (including phenoxy) is 1. The predicted molar refractivity (Wildman–Crippen MR) is 79.0 cm³/mol. The average Bonchev–Trinajstić information content (AvgIpc) is 2.76. The number of carbonyl (C=O) groups excluding carboxylic acids is 2. The molecule has 0 radical (unpaired) electrons. The first-order chi connectivity index (χ1) is 10.1. The van der Waals surface area contributed by atoms with Gasteiger partial charge in [-0.2, -0.15) is 0 Å². The van der Waals surface area contributed by atoms with E-state index in [4.69, 9.17) is 4.74 Å². The van der Waals surface area contributed by atoms with Gasteiger partial charge in [0.1, 0.15) is 0 Å². The number of esters is 1. The van der Waals surface area contributed by atoms with Crippen molar-refractivity contribution in [3.8, 4) is 0 Å². The fourth-order valence-electron chi connectivity index (χ4n) is 4.01. The highest BCUT2D eigenvalue weighted by molar-refractivity contribution is 6.00. The van der Waals surface area contributed by atoms with Crippen LogP contribution in [0.1, 0.15) is 29.6 Å². The number of ketones is 1. The lowest BCUT2D eigenvalue weighted by atomic mass is 9.76. The maximum atomic E-state index is 12.8. The summed E-state index contributed by atoms with van der Waals surface area (Å²) in [5.74, 6) is -0.766. The van der Waals surface area contributed by atoms with E-state index >= 15 is 0 Å². The molecule has 0 aromatic heterocycles. The molecule has 1 aromatic rings. The normalized spacial score (nSPS) is 31.9. The molecule has 21 heavy (non-hydrogen) atoms.